The van der Waals surface area contributed by atoms with Crippen LogP contribution in [0.15, 0.2) is 19.5 Å². The summed E-state index contributed by atoms with van der Waals surface area (Å²) in [6, 6.07) is 0. The number of hydrogen-bond donors (Lipinski definition) is 0. The van der Waals surface area contributed by atoms with Crippen LogP contribution in [0.1, 0.15) is 0 Å². The summed E-state index contributed by atoms with van der Waals surface area (Å²) in [5.74, 6) is 0.977. The second-order valence-corrected chi connectivity index (χ2v) is 3.42. The Morgan fingerprint density at radius 2 is 1.15 bits per heavy atom. The SMILES string of the molecule is [N-]=[N+]=NCN1c2nonc2N(CN=[N+]=[N-])c2nonc21. The van der Waals surface area contributed by atoms with Gasteiger partial charge in [0.1, 0.15) is 13.3 Å². The van der Waals surface area contributed by atoms with Crippen molar-refractivity contribution in [2.24, 2.45) is 10.2 Å². The Bertz CT molecular complexity index is 621. The maximum absolute atomic E-state index is 8.41. The zero-order valence-corrected chi connectivity index (χ0v) is 9.60. The molecule has 100 valence electrons. The highest BCUT2D eigenvalue weighted by molar-refractivity contribution is 5.84. The molecule has 0 aromatic carbocycles. The summed E-state index contributed by atoms with van der Waals surface area (Å²) in [4.78, 5) is 8.13. The van der Waals surface area contributed by atoms with Crippen molar-refractivity contribution < 1.29 is 9.26 Å². The molecule has 0 spiro atoms. The predicted octanol–water partition coefficient (Wildman–Crippen LogP) is 1.58. The Hall–Kier alpha value is -3.50. The van der Waals surface area contributed by atoms with Gasteiger partial charge in [0.25, 0.3) is 0 Å². The lowest BCUT2D eigenvalue weighted by atomic mass is 10.3. The van der Waals surface area contributed by atoms with Crippen molar-refractivity contribution in [3.05, 3.63) is 20.9 Å². The van der Waals surface area contributed by atoms with Crippen LogP contribution in [0.2, 0.25) is 0 Å². The van der Waals surface area contributed by atoms with Crippen LogP contribution in [0.5, 0.6) is 0 Å². The van der Waals surface area contributed by atoms with Crippen LogP contribution in [0.3, 0.4) is 0 Å². The first-order valence-electron chi connectivity index (χ1n) is 5.08. The van der Waals surface area contributed by atoms with Crippen molar-refractivity contribution in [1.82, 2.24) is 20.6 Å². The second kappa shape index (κ2) is 4.64. The molecule has 1 aliphatic heterocycles. The number of fused-ring (bicyclic) bond motifs is 2. The lowest BCUT2D eigenvalue weighted by Gasteiger charge is -2.27. The summed E-state index contributed by atoms with van der Waals surface area (Å²) < 4.78 is 9.30. The van der Waals surface area contributed by atoms with E-state index in [0.717, 1.165) is 0 Å². The Morgan fingerprint density at radius 1 is 0.800 bits per heavy atom. The van der Waals surface area contributed by atoms with E-state index in [9.17, 15) is 0 Å². The third kappa shape index (κ3) is 1.61. The average molecular weight is 276 g/mol. The van der Waals surface area contributed by atoms with Gasteiger partial charge in [-0.3, -0.25) is 9.80 Å². The molecule has 0 amide bonds. The van der Waals surface area contributed by atoms with Crippen LogP contribution in [-0.2, 0) is 0 Å². The number of rotatable bonds is 4. The highest BCUT2D eigenvalue weighted by Gasteiger charge is 2.36. The fourth-order valence-corrected chi connectivity index (χ4v) is 1.69. The summed E-state index contributed by atoms with van der Waals surface area (Å²) in [5, 5.41) is 21.6. The van der Waals surface area contributed by atoms with E-state index in [1.165, 1.54) is 9.80 Å². The fourth-order valence-electron chi connectivity index (χ4n) is 1.69. The molecular weight excluding hydrogens is 272 g/mol. The van der Waals surface area contributed by atoms with Gasteiger partial charge in [-0.2, -0.15) is 0 Å². The molecule has 14 nitrogen and oxygen atoms in total. The lowest BCUT2D eigenvalue weighted by molar-refractivity contribution is 0.303. The number of azide groups is 2. The van der Waals surface area contributed by atoms with E-state index in [-0.39, 0.29) is 36.6 Å². The van der Waals surface area contributed by atoms with Crippen molar-refractivity contribution >= 4 is 23.3 Å². The Balaban J connectivity index is 2.09. The van der Waals surface area contributed by atoms with Crippen LogP contribution in [0.25, 0.3) is 20.9 Å². The highest BCUT2D eigenvalue weighted by atomic mass is 16.6. The third-order valence-corrected chi connectivity index (χ3v) is 2.47. The van der Waals surface area contributed by atoms with Crippen molar-refractivity contribution in [3.8, 4) is 0 Å². The maximum Gasteiger partial charge on any atom is 0.224 e. The number of hydrogen-bond acceptors (Lipinski definition) is 10. The quantitative estimate of drug-likeness (QED) is 0.457. The maximum atomic E-state index is 8.41. The summed E-state index contributed by atoms with van der Waals surface area (Å²) in [6.07, 6.45) is 0. The third-order valence-electron chi connectivity index (χ3n) is 2.47. The molecule has 1 aliphatic rings. The molecule has 0 radical (unpaired) electrons. The number of anilines is 4. The molecule has 0 unspecified atom stereocenters. The van der Waals surface area contributed by atoms with Gasteiger partial charge >= 0.3 is 0 Å². The van der Waals surface area contributed by atoms with Crippen LogP contribution >= 0.6 is 0 Å². The molecule has 0 atom stereocenters. The fraction of sp³-hybridized carbons (Fsp3) is 0.333. The van der Waals surface area contributed by atoms with Gasteiger partial charge in [-0.05, 0) is 31.7 Å². The van der Waals surface area contributed by atoms with Gasteiger partial charge < -0.3 is 0 Å². The Morgan fingerprint density at radius 3 is 1.45 bits per heavy atom. The largest absolute Gasteiger partial charge is 0.293 e. The van der Waals surface area contributed by atoms with Gasteiger partial charge in [0, 0.05) is 9.82 Å². The van der Waals surface area contributed by atoms with Crippen molar-refractivity contribution in [2.45, 2.75) is 0 Å². The monoisotopic (exact) mass is 276 g/mol. The van der Waals surface area contributed by atoms with E-state index >= 15 is 0 Å². The zero-order valence-electron chi connectivity index (χ0n) is 9.60. The Labute approximate surface area is 108 Å². The molecule has 0 saturated carbocycles. The average Bonchev–Trinajstić information content (AvgIpc) is 3.11. The lowest BCUT2D eigenvalue weighted by Crippen LogP contribution is -2.30. The predicted molar refractivity (Wildman–Crippen MR) is 60.9 cm³/mol. The van der Waals surface area contributed by atoms with Gasteiger partial charge in [-0.15, -0.1) is 0 Å². The van der Waals surface area contributed by atoms with E-state index in [1.54, 1.807) is 0 Å². The van der Waals surface area contributed by atoms with Crippen LogP contribution in [0, 0.1) is 0 Å². The molecule has 0 fully saturated rings. The van der Waals surface area contributed by atoms with Crippen LogP contribution in [-0.4, -0.2) is 34.0 Å². The molecule has 0 saturated heterocycles. The first-order valence-corrected chi connectivity index (χ1v) is 5.08. The van der Waals surface area contributed by atoms with Gasteiger partial charge in [0.15, 0.2) is 0 Å². The summed E-state index contributed by atoms with van der Waals surface area (Å²) >= 11 is 0. The van der Waals surface area contributed by atoms with Crippen LogP contribution in [0.4, 0.5) is 23.3 Å². The molecule has 2 aromatic heterocycles. The number of aromatic nitrogens is 4. The molecule has 14 heteroatoms. The molecule has 0 N–H and O–H groups in total. The molecule has 20 heavy (non-hydrogen) atoms. The molecule has 2 aromatic rings. The molecule has 0 bridgehead atoms. The minimum absolute atomic E-state index is 0.103. The normalized spacial score (nSPS) is 12.2. The summed E-state index contributed by atoms with van der Waals surface area (Å²) in [6.45, 7) is -0.206. The van der Waals surface area contributed by atoms with E-state index < -0.39 is 0 Å². The Kier molecular flexibility index (Phi) is 2.69. The van der Waals surface area contributed by atoms with E-state index in [2.05, 4.69) is 49.9 Å². The van der Waals surface area contributed by atoms with Gasteiger partial charge in [0.2, 0.25) is 23.3 Å². The zero-order chi connectivity index (χ0) is 13.9. The standard InChI is InChI=1S/C6H4N12O2/c7-15-9-1-17-3-5(13-19-11-3)18(2-10-16-8)6-4(17)12-20-14-6/h1-2H2. The van der Waals surface area contributed by atoms with Crippen molar-refractivity contribution in [3.63, 3.8) is 0 Å². The van der Waals surface area contributed by atoms with Crippen LogP contribution < -0.4 is 9.80 Å². The molecule has 3 heterocycles. The molecular formula is C6H4N12O2. The van der Waals surface area contributed by atoms with Crippen molar-refractivity contribution in [2.75, 3.05) is 23.1 Å². The molecule has 0 aliphatic carbocycles. The second-order valence-electron chi connectivity index (χ2n) is 3.42. The minimum Gasteiger partial charge on any atom is -0.293 e. The summed E-state index contributed by atoms with van der Waals surface area (Å²) in [5.41, 5.74) is 16.8. The summed E-state index contributed by atoms with van der Waals surface area (Å²) in [7, 11) is 0. The smallest absolute Gasteiger partial charge is 0.224 e. The van der Waals surface area contributed by atoms with Gasteiger partial charge in [-0.1, -0.05) is 10.2 Å². The van der Waals surface area contributed by atoms with Gasteiger partial charge in [-0.25, -0.2) is 9.26 Å². The first kappa shape index (κ1) is 11.6. The first-order chi connectivity index (χ1) is 9.86. The van der Waals surface area contributed by atoms with Crippen molar-refractivity contribution in [1.29, 1.82) is 0 Å². The minimum atomic E-state index is -0.103. The van der Waals surface area contributed by atoms with Gasteiger partial charge in [0.05, 0.1) is 0 Å². The number of nitrogens with zero attached hydrogens (tertiary/aromatic N) is 12. The van der Waals surface area contributed by atoms with E-state index in [4.69, 9.17) is 11.1 Å². The van der Waals surface area contributed by atoms with E-state index in [1.807, 2.05) is 0 Å². The highest BCUT2D eigenvalue weighted by Crippen LogP contribution is 2.43. The molecule has 3 rings (SSSR count). The van der Waals surface area contributed by atoms with E-state index in [0.29, 0.717) is 0 Å². The topological polar surface area (TPSA) is 182 Å².